The predicted molar refractivity (Wildman–Crippen MR) is 128 cm³/mol. The van der Waals surface area contributed by atoms with Crippen molar-refractivity contribution in [3.63, 3.8) is 0 Å². The minimum Gasteiger partial charge on any atom is -0.489 e. The van der Waals surface area contributed by atoms with Crippen LogP contribution in [0, 0.1) is 18.7 Å². The molecule has 1 aromatic heterocycles. The summed E-state index contributed by atoms with van der Waals surface area (Å²) in [5.41, 5.74) is 0.421. The lowest BCUT2D eigenvalue weighted by Gasteiger charge is -2.39. The van der Waals surface area contributed by atoms with Crippen LogP contribution in [0.2, 0.25) is 0 Å². The summed E-state index contributed by atoms with van der Waals surface area (Å²) in [6.45, 7) is -0.578. The molecule has 0 saturated carbocycles. The number of aromatic nitrogens is 1. The van der Waals surface area contributed by atoms with Gasteiger partial charge in [0.15, 0.2) is 11.4 Å². The number of rotatable bonds is 3. The number of carbonyl (C=O) groups excluding carboxylic acids is 3. The molecule has 0 radical (unpaired) electrons. The number of alkyl halides is 3. The molecule has 3 amide bonds. The van der Waals surface area contributed by atoms with Gasteiger partial charge in [0.25, 0.3) is 5.91 Å². The number of nitrogens with one attached hydrogen (secondary N) is 3. The van der Waals surface area contributed by atoms with Crippen LogP contribution in [-0.4, -0.2) is 74.1 Å². The number of carbonyl (C=O) groups is 3. The number of piperidine rings is 1. The Bertz CT molecular complexity index is 1420. The predicted octanol–water partition coefficient (Wildman–Crippen LogP) is 1.29. The van der Waals surface area contributed by atoms with Crippen molar-refractivity contribution in [2.24, 2.45) is 13.0 Å². The lowest BCUT2D eigenvalue weighted by molar-refractivity contribution is -0.152. The number of fused-ring (bicyclic) bond motifs is 2. The minimum atomic E-state index is -4.69. The van der Waals surface area contributed by atoms with Crippen molar-refractivity contribution < 1.29 is 45.1 Å². The van der Waals surface area contributed by atoms with Gasteiger partial charge in [-0.25, -0.2) is 17.5 Å². The maximum Gasteiger partial charge on any atom is 0.405 e. The van der Waals surface area contributed by atoms with E-state index in [1.807, 2.05) is 0 Å². The molecule has 0 aliphatic carbocycles. The van der Waals surface area contributed by atoms with Crippen LogP contribution < -0.4 is 20.1 Å². The number of aryl methyl sites for hydroxylation is 2. The highest BCUT2D eigenvalue weighted by Crippen LogP contribution is 2.34. The molecule has 1 saturated heterocycles. The monoisotopic (exact) mass is 575 g/mol. The van der Waals surface area contributed by atoms with Crippen molar-refractivity contribution in [1.29, 1.82) is 0 Å². The number of amides is 3. The van der Waals surface area contributed by atoms with Crippen molar-refractivity contribution in [3.05, 3.63) is 41.5 Å². The minimum absolute atomic E-state index is 0.0744. The first kappa shape index (κ1) is 28.4. The van der Waals surface area contributed by atoms with Gasteiger partial charge in [0, 0.05) is 44.0 Å². The fourth-order valence-electron chi connectivity index (χ4n) is 4.48. The summed E-state index contributed by atoms with van der Waals surface area (Å²) in [6.07, 6.45) is -3.40. The van der Waals surface area contributed by atoms with Crippen molar-refractivity contribution in [1.82, 2.24) is 19.5 Å². The highest BCUT2D eigenvalue weighted by atomic mass is 32.2. The van der Waals surface area contributed by atoms with Crippen molar-refractivity contribution in [3.8, 4) is 5.75 Å². The van der Waals surface area contributed by atoms with E-state index in [0.29, 0.717) is 0 Å². The third-order valence-corrected chi connectivity index (χ3v) is 7.92. The first-order chi connectivity index (χ1) is 18.2. The van der Waals surface area contributed by atoms with E-state index in [9.17, 15) is 40.4 Å². The Labute approximate surface area is 220 Å². The molecule has 2 unspecified atom stereocenters. The van der Waals surface area contributed by atoms with Crippen LogP contribution in [0.4, 0.5) is 23.2 Å². The summed E-state index contributed by atoms with van der Waals surface area (Å²) >= 11 is 0. The molecular formula is C23H25F4N5O6S. The standard InChI is InChI=1S/C23H25F4N5O6S/c1-12-7-14(3-4-15(12)24)29-20(33)18-19-17(9-31(18)2)39(36,37)30-16-5-6-32(8-13(16)10-38-19)22(35)21(34)28-11-23(25,26)27/h3-4,7,9,13,16,30H,5-6,8,10-11H2,1-2H3,(H,28,34)(H,29,33). The Morgan fingerprint density at radius 2 is 1.95 bits per heavy atom. The van der Waals surface area contributed by atoms with Gasteiger partial charge in [-0.05, 0) is 37.1 Å². The average molecular weight is 576 g/mol. The summed E-state index contributed by atoms with van der Waals surface area (Å²) < 4.78 is 86.9. The Morgan fingerprint density at radius 1 is 1.23 bits per heavy atom. The quantitative estimate of drug-likeness (QED) is 0.373. The molecule has 1 fully saturated rings. The zero-order valence-corrected chi connectivity index (χ0v) is 21.6. The van der Waals surface area contributed by atoms with Gasteiger partial charge in [-0.2, -0.15) is 13.2 Å². The van der Waals surface area contributed by atoms with Gasteiger partial charge in [-0.1, -0.05) is 0 Å². The third kappa shape index (κ3) is 6.16. The average Bonchev–Trinajstić information content (AvgIpc) is 3.19. The highest BCUT2D eigenvalue weighted by Gasteiger charge is 2.41. The van der Waals surface area contributed by atoms with Crippen molar-refractivity contribution in [2.45, 2.75) is 30.5 Å². The van der Waals surface area contributed by atoms with Gasteiger partial charge >= 0.3 is 18.0 Å². The summed E-state index contributed by atoms with van der Waals surface area (Å²) in [4.78, 5) is 38.2. The summed E-state index contributed by atoms with van der Waals surface area (Å²) in [5, 5.41) is 4.10. The van der Waals surface area contributed by atoms with Gasteiger partial charge in [0.05, 0.1) is 6.61 Å². The molecule has 2 aliphatic heterocycles. The van der Waals surface area contributed by atoms with E-state index in [2.05, 4.69) is 10.0 Å². The summed E-state index contributed by atoms with van der Waals surface area (Å²) in [7, 11) is -2.76. The van der Waals surface area contributed by atoms with Crippen LogP contribution in [0.5, 0.6) is 5.75 Å². The SMILES string of the molecule is Cc1cc(NC(=O)c2c3c(cn2C)S(=O)(=O)NC2CCN(C(=O)C(=O)NCC(F)(F)F)CC2CO3)ccc1F. The topological polar surface area (TPSA) is 139 Å². The second kappa shape index (κ2) is 10.5. The van der Waals surface area contributed by atoms with E-state index in [1.165, 1.54) is 48.3 Å². The van der Waals surface area contributed by atoms with Gasteiger partial charge < -0.3 is 24.8 Å². The van der Waals surface area contributed by atoms with Crippen molar-refractivity contribution in [2.75, 3.05) is 31.6 Å². The lowest BCUT2D eigenvalue weighted by atomic mass is 9.93. The molecule has 1 aromatic carbocycles. The smallest absolute Gasteiger partial charge is 0.405 e. The molecule has 212 valence electrons. The maximum absolute atomic E-state index is 13.6. The van der Waals surface area contributed by atoms with E-state index in [4.69, 9.17) is 4.74 Å². The summed E-state index contributed by atoms with van der Waals surface area (Å²) in [6, 6.07) is 3.22. The highest BCUT2D eigenvalue weighted by molar-refractivity contribution is 7.89. The Hall–Kier alpha value is -3.66. The van der Waals surface area contributed by atoms with E-state index in [1.54, 1.807) is 0 Å². The van der Waals surface area contributed by atoms with Gasteiger partial charge in [-0.15, -0.1) is 0 Å². The molecule has 4 rings (SSSR count). The lowest BCUT2D eigenvalue weighted by Crippen LogP contribution is -2.57. The molecule has 3 heterocycles. The Morgan fingerprint density at radius 3 is 2.62 bits per heavy atom. The molecule has 2 aliphatic rings. The number of nitrogens with zero attached hydrogens (tertiary/aromatic N) is 2. The van der Waals surface area contributed by atoms with Crippen molar-refractivity contribution >= 4 is 33.4 Å². The maximum atomic E-state index is 13.6. The molecule has 3 N–H and O–H groups in total. The molecule has 0 spiro atoms. The second-order valence-electron chi connectivity index (χ2n) is 9.34. The van der Waals surface area contributed by atoms with Gasteiger partial charge in [0.1, 0.15) is 17.3 Å². The van der Waals surface area contributed by atoms with E-state index < -0.39 is 58.2 Å². The number of anilines is 1. The number of hydrogen-bond donors (Lipinski definition) is 3. The van der Waals surface area contributed by atoms with Gasteiger partial charge in [-0.3, -0.25) is 14.4 Å². The number of likely N-dealkylation sites (tertiary alicyclic amines) is 1. The molecular weight excluding hydrogens is 550 g/mol. The molecule has 2 atom stereocenters. The fraction of sp³-hybridized carbons (Fsp3) is 0.435. The van der Waals surface area contributed by atoms with Crippen LogP contribution in [0.3, 0.4) is 0 Å². The molecule has 16 heteroatoms. The number of hydrogen-bond acceptors (Lipinski definition) is 6. The van der Waals surface area contributed by atoms with Crippen LogP contribution >= 0.6 is 0 Å². The first-order valence-electron chi connectivity index (χ1n) is 11.7. The molecule has 39 heavy (non-hydrogen) atoms. The zero-order valence-electron chi connectivity index (χ0n) is 20.8. The number of ether oxygens (including phenoxy) is 1. The largest absolute Gasteiger partial charge is 0.489 e. The van der Waals surface area contributed by atoms with Crippen LogP contribution in [0.25, 0.3) is 0 Å². The number of halogens is 4. The Kier molecular flexibility index (Phi) is 7.62. The van der Waals surface area contributed by atoms with Gasteiger partial charge in [0.2, 0.25) is 10.0 Å². The number of sulfonamides is 1. The first-order valence-corrected chi connectivity index (χ1v) is 13.2. The van der Waals surface area contributed by atoms with Crippen LogP contribution in [0.15, 0.2) is 29.3 Å². The third-order valence-electron chi connectivity index (χ3n) is 6.44. The molecule has 0 bridgehead atoms. The van der Waals surface area contributed by atoms with Crippen LogP contribution in [0.1, 0.15) is 22.5 Å². The summed E-state index contributed by atoms with van der Waals surface area (Å²) in [5.74, 6) is -4.73. The van der Waals surface area contributed by atoms with Crippen LogP contribution in [-0.2, 0) is 26.7 Å². The normalized spacial score (nSPS) is 20.5. The molecule has 11 nitrogen and oxygen atoms in total. The number of benzene rings is 1. The Balaban J connectivity index is 1.54. The zero-order chi connectivity index (χ0) is 28.7. The van der Waals surface area contributed by atoms with E-state index in [0.717, 1.165) is 4.90 Å². The second-order valence-corrected chi connectivity index (χ2v) is 11.0. The van der Waals surface area contributed by atoms with E-state index in [-0.39, 0.29) is 53.7 Å². The fourth-order valence-corrected chi connectivity index (χ4v) is 6.01. The molecule has 2 aromatic rings. The van der Waals surface area contributed by atoms with E-state index >= 15 is 0 Å².